The lowest BCUT2D eigenvalue weighted by Crippen LogP contribution is -2.39. The molecule has 10 heteroatoms. The van der Waals surface area contributed by atoms with Crippen LogP contribution in [0.1, 0.15) is 11.1 Å². The van der Waals surface area contributed by atoms with Gasteiger partial charge in [-0.05, 0) is 55.0 Å². The summed E-state index contributed by atoms with van der Waals surface area (Å²) in [6.45, 7) is 1.53. The Balaban J connectivity index is 1.43. The first-order chi connectivity index (χ1) is 17.4. The largest absolute Gasteiger partial charge is 0.454 e. The van der Waals surface area contributed by atoms with Crippen LogP contribution in [0.25, 0.3) is 10.9 Å². The maximum atomic E-state index is 13.7. The first kappa shape index (κ1) is 23.3. The Kier molecular flexibility index (Phi) is 6.26. The maximum Gasteiger partial charge on any atom is 0.264 e. The number of amides is 1. The Morgan fingerprint density at radius 3 is 2.67 bits per heavy atom. The van der Waals surface area contributed by atoms with Crippen molar-refractivity contribution in [2.24, 2.45) is 5.10 Å². The maximum absolute atomic E-state index is 13.7. The number of carbonyl (C=O) groups is 1. The van der Waals surface area contributed by atoms with Crippen molar-refractivity contribution in [2.45, 2.75) is 11.8 Å². The van der Waals surface area contributed by atoms with Crippen LogP contribution in [0.4, 0.5) is 5.69 Å². The minimum absolute atomic E-state index is 0.0673. The van der Waals surface area contributed by atoms with Crippen LogP contribution in [0.2, 0.25) is 0 Å². The second kappa shape index (κ2) is 9.67. The van der Waals surface area contributed by atoms with Crippen LogP contribution >= 0.6 is 0 Å². The van der Waals surface area contributed by atoms with Crippen molar-refractivity contribution >= 4 is 38.7 Å². The number of nitrogens with zero attached hydrogens (tertiary/aromatic N) is 3. The van der Waals surface area contributed by atoms with E-state index < -0.39 is 22.5 Å². The highest BCUT2D eigenvalue weighted by Crippen LogP contribution is 2.32. The summed E-state index contributed by atoms with van der Waals surface area (Å²) < 4.78 is 39.0. The van der Waals surface area contributed by atoms with Gasteiger partial charge in [-0.1, -0.05) is 35.9 Å². The first-order valence-electron chi connectivity index (χ1n) is 11.1. The quantitative estimate of drug-likeness (QED) is 0.305. The molecule has 0 spiro atoms. The van der Waals surface area contributed by atoms with Gasteiger partial charge in [0.15, 0.2) is 11.5 Å². The third kappa shape index (κ3) is 4.71. The minimum atomic E-state index is -4.09. The van der Waals surface area contributed by atoms with E-state index >= 15 is 0 Å². The molecule has 182 valence electrons. The van der Waals surface area contributed by atoms with Crippen molar-refractivity contribution in [1.29, 1.82) is 0 Å². The number of benzene rings is 3. The van der Waals surface area contributed by atoms with Gasteiger partial charge in [0, 0.05) is 11.6 Å². The van der Waals surface area contributed by atoms with Crippen molar-refractivity contribution in [3.8, 4) is 11.5 Å². The number of hydrazone groups is 1. The Morgan fingerprint density at radius 2 is 1.83 bits per heavy atom. The average Bonchev–Trinajstić information content (AvgIpc) is 3.35. The Bertz CT molecular complexity index is 1560. The monoisotopic (exact) mass is 502 g/mol. The molecule has 0 saturated heterocycles. The van der Waals surface area contributed by atoms with E-state index in [2.05, 4.69) is 15.5 Å². The fourth-order valence-corrected chi connectivity index (χ4v) is 5.19. The van der Waals surface area contributed by atoms with Gasteiger partial charge in [0.05, 0.1) is 22.3 Å². The molecule has 0 bridgehead atoms. The summed E-state index contributed by atoms with van der Waals surface area (Å²) in [6, 6.07) is 20.5. The van der Waals surface area contributed by atoms with Gasteiger partial charge in [-0.25, -0.2) is 13.8 Å². The molecule has 1 amide bonds. The number of aryl methyl sites for hydroxylation is 1. The number of pyridine rings is 1. The molecule has 0 atom stereocenters. The fourth-order valence-electron chi connectivity index (χ4n) is 3.76. The van der Waals surface area contributed by atoms with Gasteiger partial charge in [0.1, 0.15) is 6.54 Å². The van der Waals surface area contributed by atoms with Gasteiger partial charge in [-0.15, -0.1) is 0 Å². The first-order valence-corrected chi connectivity index (χ1v) is 12.5. The van der Waals surface area contributed by atoms with E-state index in [1.165, 1.54) is 18.3 Å². The second-order valence-corrected chi connectivity index (χ2v) is 9.95. The number of anilines is 1. The third-order valence-corrected chi connectivity index (χ3v) is 7.35. The Hall–Kier alpha value is -4.44. The summed E-state index contributed by atoms with van der Waals surface area (Å²) in [6.07, 6.45) is 3.02. The van der Waals surface area contributed by atoms with Gasteiger partial charge in [-0.3, -0.25) is 14.1 Å². The highest BCUT2D eigenvalue weighted by Gasteiger charge is 2.29. The number of fused-ring (bicyclic) bond motifs is 2. The number of rotatable bonds is 7. The van der Waals surface area contributed by atoms with Gasteiger partial charge in [0.25, 0.3) is 15.9 Å². The molecule has 4 aromatic rings. The lowest BCUT2D eigenvalue weighted by Gasteiger charge is -2.24. The fraction of sp³-hybridized carbons (Fsp3) is 0.115. The Labute approximate surface area is 208 Å². The molecule has 5 rings (SSSR count). The van der Waals surface area contributed by atoms with E-state index in [4.69, 9.17) is 9.47 Å². The van der Waals surface area contributed by atoms with Gasteiger partial charge < -0.3 is 9.47 Å². The zero-order valence-corrected chi connectivity index (χ0v) is 20.1. The van der Waals surface area contributed by atoms with Crippen molar-refractivity contribution < 1.29 is 22.7 Å². The van der Waals surface area contributed by atoms with Gasteiger partial charge in [-0.2, -0.15) is 5.10 Å². The topological polar surface area (TPSA) is 110 Å². The van der Waals surface area contributed by atoms with Crippen molar-refractivity contribution in [3.05, 3.63) is 90.1 Å². The number of ether oxygens (including phenoxy) is 2. The van der Waals surface area contributed by atoms with E-state index in [1.54, 1.807) is 54.7 Å². The van der Waals surface area contributed by atoms with Crippen LogP contribution < -0.4 is 19.2 Å². The number of sulfonamides is 1. The molecule has 0 radical (unpaired) electrons. The van der Waals surface area contributed by atoms with Crippen LogP contribution in [0.3, 0.4) is 0 Å². The lowest BCUT2D eigenvalue weighted by molar-refractivity contribution is -0.119. The number of carbonyl (C=O) groups excluding carboxylic acids is 1. The van der Waals surface area contributed by atoms with E-state index in [9.17, 15) is 13.2 Å². The molecule has 0 saturated carbocycles. The average molecular weight is 503 g/mol. The molecule has 1 aromatic heterocycles. The molecule has 2 heterocycles. The summed E-state index contributed by atoms with van der Waals surface area (Å²) in [5, 5.41) is 4.73. The van der Waals surface area contributed by atoms with E-state index in [0.29, 0.717) is 28.3 Å². The molecule has 1 aliphatic rings. The molecule has 1 N–H and O–H groups in total. The number of nitrogens with one attached hydrogen (secondary N) is 1. The standard InChI is InChI=1S/C26H22N4O5S/c1-18-7-10-21(11-8-18)36(32,33)30(22-6-2-4-20-5-3-13-27-26(20)22)16-25(31)29-28-15-19-9-12-23-24(14-19)35-17-34-23/h2-15H,16-17H2,1H3,(H,29,31)/b28-15+. The molecule has 0 aliphatic carbocycles. The normalized spacial score (nSPS) is 12.7. The SMILES string of the molecule is Cc1ccc(S(=O)(=O)N(CC(=O)N/N=C/c2ccc3c(c2)OCO3)c2cccc3cccnc23)cc1. The van der Waals surface area contributed by atoms with E-state index in [-0.39, 0.29) is 11.7 Å². The molecule has 3 aromatic carbocycles. The lowest BCUT2D eigenvalue weighted by atomic mass is 10.2. The van der Waals surface area contributed by atoms with Gasteiger partial charge >= 0.3 is 0 Å². The van der Waals surface area contributed by atoms with Crippen LogP contribution in [-0.2, 0) is 14.8 Å². The highest BCUT2D eigenvalue weighted by atomic mass is 32.2. The second-order valence-electron chi connectivity index (χ2n) is 8.08. The molecule has 9 nitrogen and oxygen atoms in total. The van der Waals surface area contributed by atoms with Gasteiger partial charge in [0.2, 0.25) is 6.79 Å². The summed E-state index contributed by atoms with van der Waals surface area (Å²) in [5.74, 6) is 0.608. The molecule has 0 unspecified atom stereocenters. The smallest absolute Gasteiger partial charge is 0.264 e. The highest BCUT2D eigenvalue weighted by molar-refractivity contribution is 7.92. The Morgan fingerprint density at radius 1 is 1.06 bits per heavy atom. The predicted octanol–water partition coefficient (Wildman–Crippen LogP) is 3.62. The van der Waals surface area contributed by atoms with E-state index in [0.717, 1.165) is 15.3 Å². The van der Waals surface area contributed by atoms with Crippen molar-refractivity contribution in [1.82, 2.24) is 10.4 Å². The predicted molar refractivity (Wildman–Crippen MR) is 136 cm³/mol. The van der Waals surface area contributed by atoms with Crippen LogP contribution in [0.15, 0.2) is 89.0 Å². The molecule has 1 aliphatic heterocycles. The number of para-hydroxylation sites is 1. The summed E-state index contributed by atoms with van der Waals surface area (Å²) >= 11 is 0. The molecular formula is C26H22N4O5S. The number of hydrogen-bond acceptors (Lipinski definition) is 7. The van der Waals surface area contributed by atoms with Crippen LogP contribution in [-0.4, -0.2) is 38.9 Å². The minimum Gasteiger partial charge on any atom is -0.454 e. The molecular weight excluding hydrogens is 480 g/mol. The zero-order valence-electron chi connectivity index (χ0n) is 19.3. The third-order valence-electron chi connectivity index (χ3n) is 5.58. The van der Waals surface area contributed by atoms with E-state index in [1.807, 2.05) is 19.1 Å². The summed E-state index contributed by atoms with van der Waals surface area (Å²) in [7, 11) is -4.09. The molecule has 36 heavy (non-hydrogen) atoms. The van der Waals surface area contributed by atoms with Crippen molar-refractivity contribution in [3.63, 3.8) is 0 Å². The van der Waals surface area contributed by atoms with Crippen LogP contribution in [0.5, 0.6) is 11.5 Å². The van der Waals surface area contributed by atoms with Crippen molar-refractivity contribution in [2.75, 3.05) is 17.6 Å². The zero-order chi connectivity index (χ0) is 25.1. The molecule has 0 fully saturated rings. The summed E-state index contributed by atoms with van der Waals surface area (Å²) in [5.41, 5.74) is 4.77. The number of hydrogen-bond donors (Lipinski definition) is 1. The summed E-state index contributed by atoms with van der Waals surface area (Å²) in [4.78, 5) is 17.3. The van der Waals surface area contributed by atoms with Crippen LogP contribution in [0, 0.1) is 6.92 Å². The number of aromatic nitrogens is 1.